The van der Waals surface area contributed by atoms with Gasteiger partial charge in [0.15, 0.2) is 6.61 Å². The SMILES string of the molecule is CC1(C)OB(c2ccc(C(=O)NC3CC(F)(F)C3)c(OCC(F)(F)F)c2)OC1(C)C. The summed E-state index contributed by atoms with van der Waals surface area (Å²) in [4.78, 5) is 12.5. The van der Waals surface area contributed by atoms with Crippen LogP contribution in [0, 0.1) is 0 Å². The molecule has 1 saturated heterocycles. The van der Waals surface area contributed by atoms with Gasteiger partial charge in [-0.2, -0.15) is 13.2 Å². The van der Waals surface area contributed by atoms with Crippen LogP contribution in [-0.2, 0) is 9.31 Å². The number of carbonyl (C=O) groups is 1. The summed E-state index contributed by atoms with van der Waals surface area (Å²) in [6.07, 6.45) is -5.64. The van der Waals surface area contributed by atoms with E-state index in [1.807, 2.05) is 27.7 Å². The van der Waals surface area contributed by atoms with Gasteiger partial charge in [-0.25, -0.2) is 8.78 Å². The lowest BCUT2D eigenvalue weighted by molar-refractivity contribution is -0.153. The topological polar surface area (TPSA) is 56.8 Å². The first-order valence-electron chi connectivity index (χ1n) is 9.46. The zero-order valence-electron chi connectivity index (χ0n) is 17.0. The highest BCUT2D eigenvalue weighted by Crippen LogP contribution is 2.38. The Morgan fingerprint density at radius 1 is 1.17 bits per heavy atom. The number of hydrogen-bond donors (Lipinski definition) is 1. The third-order valence-electron chi connectivity index (χ3n) is 5.59. The maximum atomic E-state index is 13.0. The molecule has 1 amide bonds. The molecule has 0 atom stereocenters. The largest absolute Gasteiger partial charge is 0.494 e. The van der Waals surface area contributed by atoms with Gasteiger partial charge in [-0.1, -0.05) is 6.07 Å². The first-order chi connectivity index (χ1) is 13.6. The highest BCUT2D eigenvalue weighted by atomic mass is 19.4. The number of rotatable bonds is 5. The van der Waals surface area contributed by atoms with Gasteiger partial charge in [0.2, 0.25) is 0 Å². The number of nitrogens with one attached hydrogen (secondary N) is 1. The Balaban J connectivity index is 1.83. The number of benzene rings is 1. The molecule has 0 bridgehead atoms. The van der Waals surface area contributed by atoms with Gasteiger partial charge < -0.3 is 19.4 Å². The van der Waals surface area contributed by atoms with Gasteiger partial charge in [0.1, 0.15) is 5.75 Å². The second-order valence-corrected chi connectivity index (χ2v) is 8.68. The predicted octanol–water partition coefficient (Wildman–Crippen LogP) is 3.45. The zero-order valence-corrected chi connectivity index (χ0v) is 17.0. The third-order valence-corrected chi connectivity index (χ3v) is 5.59. The number of ether oxygens (including phenoxy) is 1. The molecule has 166 valence electrons. The molecule has 11 heteroatoms. The molecular weight excluding hydrogens is 412 g/mol. The molecule has 1 aromatic rings. The van der Waals surface area contributed by atoms with E-state index < -0.39 is 61.8 Å². The van der Waals surface area contributed by atoms with Crippen molar-refractivity contribution in [1.29, 1.82) is 0 Å². The minimum absolute atomic E-state index is 0.185. The lowest BCUT2D eigenvalue weighted by atomic mass is 9.78. The van der Waals surface area contributed by atoms with E-state index in [0.717, 1.165) is 0 Å². The summed E-state index contributed by atoms with van der Waals surface area (Å²) < 4.78 is 80.6. The van der Waals surface area contributed by atoms with Crippen molar-refractivity contribution in [2.75, 3.05) is 6.61 Å². The fourth-order valence-corrected chi connectivity index (χ4v) is 3.16. The molecule has 1 aliphatic heterocycles. The van der Waals surface area contributed by atoms with Gasteiger partial charge in [-0.3, -0.25) is 4.79 Å². The molecule has 0 aromatic heterocycles. The summed E-state index contributed by atoms with van der Waals surface area (Å²) >= 11 is 0. The van der Waals surface area contributed by atoms with E-state index in [9.17, 15) is 26.7 Å². The molecule has 1 N–H and O–H groups in total. The number of amides is 1. The Labute approximate surface area is 171 Å². The molecule has 1 aliphatic carbocycles. The van der Waals surface area contributed by atoms with Crippen molar-refractivity contribution < 1.29 is 40.8 Å². The summed E-state index contributed by atoms with van der Waals surface area (Å²) in [7, 11) is -0.870. The molecule has 1 heterocycles. The summed E-state index contributed by atoms with van der Waals surface area (Å²) in [5.41, 5.74) is -1.15. The van der Waals surface area contributed by atoms with Gasteiger partial charge in [-0.05, 0) is 45.3 Å². The van der Waals surface area contributed by atoms with Crippen LogP contribution in [0.4, 0.5) is 22.0 Å². The maximum Gasteiger partial charge on any atom is 0.494 e. The Bertz CT molecular complexity index is 804. The molecular formula is C19H23BF5NO4. The van der Waals surface area contributed by atoms with Crippen molar-refractivity contribution in [3.63, 3.8) is 0 Å². The Kier molecular flexibility index (Phi) is 5.60. The van der Waals surface area contributed by atoms with Crippen LogP contribution >= 0.6 is 0 Å². The standard InChI is InChI=1S/C19H23BF5NO4/c1-16(2)17(3,4)30-20(29-16)11-5-6-13(14(7-11)28-10-19(23,24)25)15(27)26-12-8-18(21,22)9-12/h5-7,12H,8-10H2,1-4H3,(H,26,27). The van der Waals surface area contributed by atoms with Crippen LogP contribution in [0.5, 0.6) is 5.75 Å². The molecule has 0 spiro atoms. The van der Waals surface area contributed by atoms with Crippen LogP contribution < -0.4 is 15.5 Å². The van der Waals surface area contributed by atoms with Gasteiger partial charge in [0.25, 0.3) is 11.8 Å². The lowest BCUT2D eigenvalue weighted by Gasteiger charge is -2.35. The predicted molar refractivity (Wildman–Crippen MR) is 99.1 cm³/mol. The molecule has 30 heavy (non-hydrogen) atoms. The summed E-state index contributed by atoms with van der Waals surface area (Å²) in [6.45, 7) is 5.69. The average Bonchev–Trinajstić information content (AvgIpc) is 2.78. The molecule has 5 nitrogen and oxygen atoms in total. The second kappa shape index (κ2) is 7.37. The van der Waals surface area contributed by atoms with Crippen molar-refractivity contribution in [3.05, 3.63) is 23.8 Å². The van der Waals surface area contributed by atoms with Crippen molar-refractivity contribution in [2.45, 2.75) is 69.9 Å². The number of halogens is 5. The van der Waals surface area contributed by atoms with Gasteiger partial charge in [0, 0.05) is 18.9 Å². The number of alkyl halides is 5. The van der Waals surface area contributed by atoms with E-state index >= 15 is 0 Å². The van der Waals surface area contributed by atoms with Gasteiger partial charge in [-0.15, -0.1) is 0 Å². The summed E-state index contributed by atoms with van der Waals surface area (Å²) in [6, 6.07) is 3.26. The first-order valence-corrected chi connectivity index (χ1v) is 9.46. The van der Waals surface area contributed by atoms with Crippen LogP contribution in [0.15, 0.2) is 18.2 Å². The number of hydrogen-bond acceptors (Lipinski definition) is 4. The van der Waals surface area contributed by atoms with E-state index in [1.54, 1.807) is 0 Å². The highest BCUT2D eigenvalue weighted by molar-refractivity contribution is 6.62. The van der Waals surface area contributed by atoms with E-state index in [2.05, 4.69) is 5.32 Å². The second-order valence-electron chi connectivity index (χ2n) is 8.68. The minimum Gasteiger partial charge on any atom is -0.483 e. The van der Waals surface area contributed by atoms with Crippen LogP contribution in [-0.4, -0.2) is 49.0 Å². The maximum absolute atomic E-state index is 13.0. The number of carbonyl (C=O) groups excluding carboxylic acids is 1. The quantitative estimate of drug-likeness (QED) is 0.569. The summed E-state index contributed by atoms with van der Waals surface area (Å²) in [5, 5.41) is 2.40. The van der Waals surface area contributed by atoms with Crippen molar-refractivity contribution >= 4 is 18.5 Å². The van der Waals surface area contributed by atoms with Crippen molar-refractivity contribution in [2.24, 2.45) is 0 Å². The van der Waals surface area contributed by atoms with Gasteiger partial charge in [0.05, 0.1) is 16.8 Å². The monoisotopic (exact) mass is 435 g/mol. The fourth-order valence-electron chi connectivity index (χ4n) is 3.16. The van der Waals surface area contributed by atoms with Gasteiger partial charge >= 0.3 is 13.3 Å². The van der Waals surface area contributed by atoms with Crippen LogP contribution in [0.3, 0.4) is 0 Å². The highest BCUT2D eigenvalue weighted by Gasteiger charge is 2.52. The first kappa shape index (κ1) is 22.8. The fraction of sp³-hybridized carbons (Fsp3) is 0.632. The average molecular weight is 435 g/mol. The zero-order chi connectivity index (χ0) is 22.5. The van der Waals surface area contributed by atoms with E-state index in [4.69, 9.17) is 14.0 Å². The third kappa shape index (κ3) is 4.88. The Morgan fingerprint density at radius 2 is 1.73 bits per heavy atom. The normalized spacial score (nSPS) is 22.5. The Morgan fingerprint density at radius 3 is 2.23 bits per heavy atom. The van der Waals surface area contributed by atoms with Crippen molar-refractivity contribution in [3.8, 4) is 5.75 Å². The molecule has 1 saturated carbocycles. The smallest absolute Gasteiger partial charge is 0.483 e. The molecule has 1 aromatic carbocycles. The molecule has 3 rings (SSSR count). The molecule has 2 fully saturated rings. The molecule has 0 radical (unpaired) electrons. The van der Waals surface area contributed by atoms with Crippen LogP contribution in [0.1, 0.15) is 50.9 Å². The molecule has 0 unspecified atom stereocenters. The van der Waals surface area contributed by atoms with Crippen molar-refractivity contribution in [1.82, 2.24) is 5.32 Å². The van der Waals surface area contributed by atoms with E-state index in [1.165, 1.54) is 18.2 Å². The summed E-state index contributed by atoms with van der Waals surface area (Å²) in [5.74, 6) is -3.95. The molecule has 2 aliphatic rings. The van der Waals surface area contributed by atoms with E-state index in [-0.39, 0.29) is 11.3 Å². The van der Waals surface area contributed by atoms with E-state index in [0.29, 0.717) is 5.46 Å². The van der Waals surface area contributed by atoms with Crippen LogP contribution in [0.25, 0.3) is 0 Å². The minimum atomic E-state index is -4.62. The Hall–Kier alpha value is -1.88. The van der Waals surface area contributed by atoms with Crippen LogP contribution in [0.2, 0.25) is 0 Å². The lowest BCUT2D eigenvalue weighted by Crippen LogP contribution is -2.50.